The molecule has 2 bridgehead atoms. The first-order valence-corrected chi connectivity index (χ1v) is 7.58. The fourth-order valence-corrected chi connectivity index (χ4v) is 4.40. The van der Waals surface area contributed by atoms with Crippen molar-refractivity contribution in [2.24, 2.45) is 23.5 Å². The summed E-state index contributed by atoms with van der Waals surface area (Å²) in [6.07, 6.45) is 6.43. The minimum atomic E-state index is 0.249. The summed E-state index contributed by atoms with van der Waals surface area (Å²) in [7, 11) is 0. The van der Waals surface area contributed by atoms with Crippen LogP contribution in [0.15, 0.2) is 18.2 Å². The lowest BCUT2D eigenvalue weighted by Gasteiger charge is -2.28. The van der Waals surface area contributed by atoms with Crippen molar-refractivity contribution in [3.63, 3.8) is 0 Å². The number of rotatable bonds is 3. The lowest BCUT2D eigenvalue weighted by atomic mass is 9.81. The number of benzene rings is 1. The van der Waals surface area contributed by atoms with Gasteiger partial charge in [0, 0.05) is 16.1 Å². The van der Waals surface area contributed by atoms with E-state index in [2.05, 4.69) is 0 Å². The van der Waals surface area contributed by atoms with E-state index in [4.69, 9.17) is 28.9 Å². The van der Waals surface area contributed by atoms with Crippen LogP contribution in [0.4, 0.5) is 0 Å². The second kappa shape index (κ2) is 5.03. The summed E-state index contributed by atoms with van der Waals surface area (Å²) in [6, 6.07) is 5.97. The summed E-state index contributed by atoms with van der Waals surface area (Å²) in [5, 5.41) is 1.44. The molecular weight excluding hydrogens is 265 g/mol. The zero-order valence-corrected chi connectivity index (χ0v) is 11.9. The molecule has 1 aromatic rings. The van der Waals surface area contributed by atoms with Gasteiger partial charge in [0.2, 0.25) is 0 Å². The van der Waals surface area contributed by atoms with Crippen LogP contribution < -0.4 is 5.73 Å². The van der Waals surface area contributed by atoms with Gasteiger partial charge < -0.3 is 5.73 Å². The van der Waals surface area contributed by atoms with E-state index in [-0.39, 0.29) is 6.04 Å². The Morgan fingerprint density at radius 2 is 2.06 bits per heavy atom. The highest BCUT2D eigenvalue weighted by Crippen LogP contribution is 2.49. The minimum Gasteiger partial charge on any atom is -0.327 e. The third-order valence-electron chi connectivity index (χ3n) is 4.81. The van der Waals surface area contributed by atoms with Crippen LogP contribution in [0, 0.1) is 17.8 Å². The summed E-state index contributed by atoms with van der Waals surface area (Å²) < 4.78 is 0. The Morgan fingerprint density at radius 1 is 1.22 bits per heavy atom. The number of nitrogens with two attached hydrogens (primary N) is 1. The zero-order chi connectivity index (χ0) is 12.7. The number of hydrogen-bond donors (Lipinski definition) is 1. The second-order valence-corrected chi connectivity index (χ2v) is 6.79. The zero-order valence-electron chi connectivity index (χ0n) is 10.4. The van der Waals surface area contributed by atoms with Gasteiger partial charge >= 0.3 is 0 Å². The van der Waals surface area contributed by atoms with Gasteiger partial charge in [-0.15, -0.1) is 0 Å². The van der Waals surface area contributed by atoms with Crippen LogP contribution in [0.1, 0.15) is 31.2 Å². The van der Waals surface area contributed by atoms with Crippen molar-refractivity contribution in [2.45, 2.75) is 38.1 Å². The molecule has 0 spiro atoms. The van der Waals surface area contributed by atoms with Crippen molar-refractivity contribution < 1.29 is 0 Å². The summed E-state index contributed by atoms with van der Waals surface area (Å²) >= 11 is 12.1. The highest BCUT2D eigenvalue weighted by molar-refractivity contribution is 6.35. The predicted molar refractivity (Wildman–Crippen MR) is 77.1 cm³/mol. The van der Waals surface area contributed by atoms with Crippen LogP contribution in [0.3, 0.4) is 0 Å². The summed E-state index contributed by atoms with van der Waals surface area (Å²) in [5.41, 5.74) is 7.55. The molecule has 0 aromatic heterocycles. The maximum Gasteiger partial charge on any atom is 0.0453 e. The van der Waals surface area contributed by atoms with Crippen LogP contribution >= 0.6 is 23.2 Å². The Hall–Kier alpha value is -0.240. The van der Waals surface area contributed by atoms with Crippen molar-refractivity contribution >= 4 is 23.2 Å². The van der Waals surface area contributed by atoms with Crippen LogP contribution in [0.2, 0.25) is 10.0 Å². The minimum absolute atomic E-state index is 0.249. The van der Waals surface area contributed by atoms with Gasteiger partial charge in [0.1, 0.15) is 0 Å². The quantitative estimate of drug-likeness (QED) is 0.880. The maximum absolute atomic E-state index is 6.41. The van der Waals surface area contributed by atoms with Crippen LogP contribution in [0.5, 0.6) is 0 Å². The number of halogens is 2. The van der Waals surface area contributed by atoms with Gasteiger partial charge in [0.15, 0.2) is 0 Å². The molecule has 98 valence electrons. The van der Waals surface area contributed by atoms with Gasteiger partial charge in [-0.25, -0.2) is 0 Å². The predicted octanol–water partition coefficient (Wildman–Crippen LogP) is 4.30. The maximum atomic E-state index is 6.41. The van der Waals surface area contributed by atoms with E-state index >= 15 is 0 Å². The standard InChI is InChI=1S/C15H19Cl2N/c16-12-4-3-11(14(17)8-12)7-15(18)13-6-9-1-2-10(13)5-9/h3-4,8-10,13,15H,1-2,5-7,18H2. The van der Waals surface area contributed by atoms with Gasteiger partial charge in [-0.05, 0) is 61.1 Å². The summed E-state index contributed by atoms with van der Waals surface area (Å²) in [4.78, 5) is 0. The Balaban J connectivity index is 1.69. The Kier molecular flexibility index (Phi) is 3.57. The molecule has 1 nitrogen and oxygen atoms in total. The van der Waals surface area contributed by atoms with E-state index in [0.717, 1.165) is 28.8 Å². The Morgan fingerprint density at radius 3 is 2.67 bits per heavy atom. The molecule has 2 aliphatic rings. The Labute approximate surface area is 119 Å². The SMILES string of the molecule is NC(Cc1ccc(Cl)cc1Cl)C1CC2CCC1C2. The normalized spacial score (nSPS) is 31.8. The highest BCUT2D eigenvalue weighted by Gasteiger charge is 2.41. The average molecular weight is 284 g/mol. The van der Waals surface area contributed by atoms with Gasteiger partial charge in [0.25, 0.3) is 0 Å². The van der Waals surface area contributed by atoms with Crippen molar-refractivity contribution in [3.8, 4) is 0 Å². The number of fused-ring (bicyclic) bond motifs is 2. The van der Waals surface area contributed by atoms with Crippen LogP contribution in [0.25, 0.3) is 0 Å². The molecule has 2 fully saturated rings. The van der Waals surface area contributed by atoms with Crippen molar-refractivity contribution in [1.29, 1.82) is 0 Å². The largest absolute Gasteiger partial charge is 0.327 e. The van der Waals surface area contributed by atoms with E-state index in [0.29, 0.717) is 10.9 Å². The molecule has 2 aliphatic carbocycles. The smallest absolute Gasteiger partial charge is 0.0453 e. The summed E-state index contributed by atoms with van der Waals surface area (Å²) in [5.74, 6) is 2.53. The lowest BCUT2D eigenvalue weighted by Crippen LogP contribution is -2.35. The van der Waals surface area contributed by atoms with Gasteiger partial charge in [-0.2, -0.15) is 0 Å². The average Bonchev–Trinajstić information content (AvgIpc) is 2.94. The van der Waals surface area contributed by atoms with Crippen molar-refractivity contribution in [2.75, 3.05) is 0 Å². The first kappa shape index (κ1) is 12.8. The van der Waals surface area contributed by atoms with Crippen LogP contribution in [-0.2, 0) is 6.42 Å². The molecule has 0 heterocycles. The van der Waals surface area contributed by atoms with E-state index in [1.54, 1.807) is 0 Å². The lowest BCUT2D eigenvalue weighted by molar-refractivity contribution is 0.280. The summed E-state index contributed by atoms with van der Waals surface area (Å²) in [6.45, 7) is 0. The molecule has 2 N–H and O–H groups in total. The molecule has 0 aliphatic heterocycles. The monoisotopic (exact) mass is 283 g/mol. The molecule has 4 atom stereocenters. The fraction of sp³-hybridized carbons (Fsp3) is 0.600. The first-order valence-electron chi connectivity index (χ1n) is 6.83. The Bertz CT molecular complexity index is 446. The van der Waals surface area contributed by atoms with E-state index in [1.807, 2.05) is 18.2 Å². The van der Waals surface area contributed by atoms with Crippen LogP contribution in [-0.4, -0.2) is 6.04 Å². The second-order valence-electron chi connectivity index (χ2n) is 5.94. The van der Waals surface area contributed by atoms with Gasteiger partial charge in [-0.1, -0.05) is 35.7 Å². The topological polar surface area (TPSA) is 26.0 Å². The number of hydrogen-bond acceptors (Lipinski definition) is 1. The fourth-order valence-electron chi connectivity index (χ4n) is 3.91. The molecule has 18 heavy (non-hydrogen) atoms. The van der Waals surface area contributed by atoms with Crippen molar-refractivity contribution in [3.05, 3.63) is 33.8 Å². The molecule has 0 amide bonds. The molecule has 1 aromatic carbocycles. The molecule has 3 heteroatoms. The third kappa shape index (κ3) is 2.41. The third-order valence-corrected chi connectivity index (χ3v) is 5.40. The molecular formula is C15H19Cl2N. The molecule has 2 saturated carbocycles. The van der Waals surface area contributed by atoms with E-state index in [1.165, 1.54) is 25.7 Å². The molecule has 0 saturated heterocycles. The molecule has 3 rings (SSSR count). The van der Waals surface area contributed by atoms with Gasteiger partial charge in [-0.3, -0.25) is 0 Å². The van der Waals surface area contributed by atoms with E-state index < -0.39 is 0 Å². The molecule has 4 unspecified atom stereocenters. The first-order chi connectivity index (χ1) is 8.63. The van der Waals surface area contributed by atoms with Crippen molar-refractivity contribution in [1.82, 2.24) is 0 Å². The molecule has 0 radical (unpaired) electrons. The van der Waals surface area contributed by atoms with E-state index in [9.17, 15) is 0 Å². The highest BCUT2D eigenvalue weighted by atomic mass is 35.5. The van der Waals surface area contributed by atoms with Gasteiger partial charge in [0.05, 0.1) is 0 Å².